The van der Waals surface area contributed by atoms with Gasteiger partial charge in [-0.1, -0.05) is 11.8 Å². The highest BCUT2D eigenvalue weighted by Crippen LogP contribution is 2.27. The van der Waals surface area contributed by atoms with Gasteiger partial charge in [-0.15, -0.1) is 11.3 Å². The quantitative estimate of drug-likeness (QED) is 0.843. The summed E-state index contributed by atoms with van der Waals surface area (Å²) in [5, 5.41) is 5.77. The van der Waals surface area contributed by atoms with Gasteiger partial charge in [0.15, 0.2) is 0 Å². The number of thiophene rings is 1. The third kappa shape index (κ3) is 4.27. The van der Waals surface area contributed by atoms with E-state index in [1.807, 2.05) is 23.2 Å². The fourth-order valence-corrected chi connectivity index (χ4v) is 3.87. The van der Waals surface area contributed by atoms with Crippen molar-refractivity contribution in [2.75, 3.05) is 12.8 Å². The molecule has 1 aromatic rings. The van der Waals surface area contributed by atoms with Crippen LogP contribution in [0.2, 0.25) is 0 Å². The predicted octanol–water partition coefficient (Wildman–Crippen LogP) is 2.46. The topological polar surface area (TPSA) is 55.1 Å². The first-order valence-corrected chi connectivity index (χ1v) is 9.00. The van der Waals surface area contributed by atoms with Crippen molar-refractivity contribution in [3.63, 3.8) is 0 Å². The number of thioether (sulfide) groups is 1. The number of amides is 1. The SMILES string of the molecule is CSC1CCC(NC(=O)c2csc(C#CCN)c2)CC1. The Kier molecular flexibility index (Phi) is 5.96. The molecule has 0 unspecified atom stereocenters. The first-order chi connectivity index (χ1) is 9.72. The van der Waals surface area contributed by atoms with Crippen molar-refractivity contribution in [3.05, 3.63) is 21.9 Å². The molecule has 1 aromatic heterocycles. The van der Waals surface area contributed by atoms with E-state index < -0.39 is 0 Å². The van der Waals surface area contributed by atoms with Crippen LogP contribution in [0.4, 0.5) is 0 Å². The summed E-state index contributed by atoms with van der Waals surface area (Å²) in [6.45, 7) is 0.345. The van der Waals surface area contributed by atoms with E-state index in [9.17, 15) is 4.79 Å². The molecule has 1 aliphatic rings. The molecular weight excluding hydrogens is 288 g/mol. The molecule has 0 aliphatic heterocycles. The first-order valence-electron chi connectivity index (χ1n) is 6.84. The number of hydrogen-bond donors (Lipinski definition) is 2. The van der Waals surface area contributed by atoms with Gasteiger partial charge in [0.2, 0.25) is 0 Å². The molecule has 1 saturated carbocycles. The molecule has 0 spiro atoms. The van der Waals surface area contributed by atoms with Crippen LogP contribution in [0.3, 0.4) is 0 Å². The minimum atomic E-state index is 0.0228. The molecule has 1 aliphatic carbocycles. The Morgan fingerprint density at radius 3 is 2.90 bits per heavy atom. The van der Waals surface area contributed by atoms with Crippen molar-refractivity contribution < 1.29 is 4.79 Å². The first kappa shape index (κ1) is 15.4. The van der Waals surface area contributed by atoms with Gasteiger partial charge in [-0.2, -0.15) is 11.8 Å². The van der Waals surface area contributed by atoms with Crippen LogP contribution in [0.5, 0.6) is 0 Å². The second-order valence-electron chi connectivity index (χ2n) is 4.89. The van der Waals surface area contributed by atoms with Gasteiger partial charge in [0, 0.05) is 16.7 Å². The summed E-state index contributed by atoms with van der Waals surface area (Å²) in [6, 6.07) is 2.17. The summed E-state index contributed by atoms with van der Waals surface area (Å²) >= 11 is 3.43. The zero-order valence-corrected chi connectivity index (χ0v) is 13.3. The van der Waals surface area contributed by atoms with Gasteiger partial charge in [0.05, 0.1) is 17.0 Å². The van der Waals surface area contributed by atoms with Crippen molar-refractivity contribution >= 4 is 29.0 Å². The van der Waals surface area contributed by atoms with E-state index in [0.717, 1.165) is 23.0 Å². The Hall–Kier alpha value is -0.960. The lowest BCUT2D eigenvalue weighted by atomic mass is 9.95. The second kappa shape index (κ2) is 7.72. The number of carbonyl (C=O) groups excluding carboxylic acids is 1. The van der Waals surface area contributed by atoms with E-state index in [-0.39, 0.29) is 5.91 Å². The Labute approximate surface area is 128 Å². The summed E-state index contributed by atoms with van der Waals surface area (Å²) in [6.07, 6.45) is 6.73. The van der Waals surface area contributed by atoms with Crippen molar-refractivity contribution in [2.24, 2.45) is 5.73 Å². The van der Waals surface area contributed by atoms with Gasteiger partial charge < -0.3 is 11.1 Å². The van der Waals surface area contributed by atoms with E-state index in [2.05, 4.69) is 23.4 Å². The highest BCUT2D eigenvalue weighted by Gasteiger charge is 2.22. The standard InChI is InChI=1S/C15H20N2OS2/c1-19-13-6-4-12(5-7-13)17-15(18)11-9-14(20-10-11)3-2-8-16/h9-10,12-13H,4-8,16H2,1H3,(H,17,18). The highest BCUT2D eigenvalue weighted by molar-refractivity contribution is 7.99. The van der Waals surface area contributed by atoms with Crippen LogP contribution in [0, 0.1) is 11.8 Å². The normalized spacial score (nSPS) is 21.9. The van der Waals surface area contributed by atoms with Gasteiger partial charge in [0.1, 0.15) is 0 Å². The van der Waals surface area contributed by atoms with E-state index in [1.165, 1.54) is 24.2 Å². The average molecular weight is 308 g/mol. The minimum Gasteiger partial charge on any atom is -0.349 e. The Balaban J connectivity index is 1.87. The van der Waals surface area contributed by atoms with Crippen LogP contribution in [-0.4, -0.2) is 30.0 Å². The summed E-state index contributed by atoms with van der Waals surface area (Å²) in [4.78, 5) is 13.1. The van der Waals surface area contributed by atoms with Gasteiger partial charge in [-0.3, -0.25) is 4.79 Å². The summed E-state index contributed by atoms with van der Waals surface area (Å²) in [5.74, 6) is 5.78. The molecule has 1 fully saturated rings. The molecular formula is C15H20N2OS2. The monoisotopic (exact) mass is 308 g/mol. The van der Waals surface area contributed by atoms with Crippen molar-refractivity contribution in [1.82, 2.24) is 5.32 Å². The average Bonchev–Trinajstić information content (AvgIpc) is 2.95. The molecule has 108 valence electrons. The third-order valence-corrected chi connectivity index (χ3v) is 5.50. The summed E-state index contributed by atoms with van der Waals surface area (Å²) in [7, 11) is 0. The molecule has 0 radical (unpaired) electrons. The smallest absolute Gasteiger partial charge is 0.252 e. The Bertz CT molecular complexity index is 507. The molecule has 3 nitrogen and oxygen atoms in total. The molecule has 20 heavy (non-hydrogen) atoms. The molecule has 0 atom stereocenters. The lowest BCUT2D eigenvalue weighted by molar-refractivity contribution is 0.0928. The van der Waals surface area contributed by atoms with Crippen LogP contribution < -0.4 is 11.1 Å². The lowest BCUT2D eigenvalue weighted by Crippen LogP contribution is -2.37. The van der Waals surface area contributed by atoms with Crippen molar-refractivity contribution in [3.8, 4) is 11.8 Å². The summed E-state index contributed by atoms with van der Waals surface area (Å²) < 4.78 is 0. The van der Waals surface area contributed by atoms with Crippen LogP contribution in [0.15, 0.2) is 11.4 Å². The van der Waals surface area contributed by atoms with Gasteiger partial charge in [-0.05, 0) is 38.0 Å². The summed E-state index contributed by atoms with van der Waals surface area (Å²) in [5.41, 5.74) is 6.05. The number of carbonyl (C=O) groups is 1. The van der Waals surface area contributed by atoms with Crippen LogP contribution in [-0.2, 0) is 0 Å². The van der Waals surface area contributed by atoms with Gasteiger partial charge in [-0.25, -0.2) is 0 Å². The zero-order valence-electron chi connectivity index (χ0n) is 11.6. The lowest BCUT2D eigenvalue weighted by Gasteiger charge is -2.27. The number of hydrogen-bond acceptors (Lipinski definition) is 4. The molecule has 1 amide bonds. The Morgan fingerprint density at radius 2 is 2.25 bits per heavy atom. The van der Waals surface area contributed by atoms with E-state index >= 15 is 0 Å². The number of rotatable bonds is 3. The second-order valence-corrected chi connectivity index (χ2v) is 6.94. The van der Waals surface area contributed by atoms with Gasteiger partial charge in [0.25, 0.3) is 5.91 Å². The predicted molar refractivity (Wildman–Crippen MR) is 87.3 cm³/mol. The van der Waals surface area contributed by atoms with Gasteiger partial charge >= 0.3 is 0 Å². The molecule has 1 heterocycles. The molecule has 0 saturated heterocycles. The maximum Gasteiger partial charge on any atom is 0.252 e. The van der Waals surface area contributed by atoms with E-state index in [4.69, 9.17) is 5.73 Å². The molecule has 2 rings (SSSR count). The fraction of sp³-hybridized carbons (Fsp3) is 0.533. The maximum atomic E-state index is 12.2. The van der Waals surface area contributed by atoms with Crippen LogP contribution in [0.1, 0.15) is 40.9 Å². The number of nitrogens with one attached hydrogen (secondary N) is 1. The molecule has 0 bridgehead atoms. The zero-order chi connectivity index (χ0) is 14.4. The number of nitrogens with two attached hydrogens (primary N) is 1. The van der Waals surface area contributed by atoms with Crippen LogP contribution >= 0.6 is 23.1 Å². The van der Waals surface area contributed by atoms with E-state index in [1.54, 1.807) is 0 Å². The molecule has 3 N–H and O–H groups in total. The molecule has 5 heteroatoms. The van der Waals surface area contributed by atoms with Crippen molar-refractivity contribution in [2.45, 2.75) is 37.0 Å². The van der Waals surface area contributed by atoms with Crippen molar-refractivity contribution in [1.29, 1.82) is 0 Å². The fourth-order valence-electron chi connectivity index (χ4n) is 2.37. The van der Waals surface area contributed by atoms with E-state index in [0.29, 0.717) is 18.2 Å². The molecule has 0 aromatic carbocycles. The maximum absolute atomic E-state index is 12.2. The minimum absolute atomic E-state index is 0.0228. The van der Waals surface area contributed by atoms with Crippen LogP contribution in [0.25, 0.3) is 0 Å². The highest BCUT2D eigenvalue weighted by atomic mass is 32.2. The third-order valence-electron chi connectivity index (χ3n) is 3.52. The largest absolute Gasteiger partial charge is 0.349 e. The Morgan fingerprint density at radius 1 is 1.50 bits per heavy atom.